The summed E-state index contributed by atoms with van der Waals surface area (Å²) in [5, 5.41) is 2.70. The number of carbonyl (C=O) groups is 2. The van der Waals surface area contributed by atoms with Gasteiger partial charge in [-0.1, -0.05) is 145 Å². The predicted molar refractivity (Wildman–Crippen MR) is 377 cm³/mol. The minimum absolute atomic E-state index is 0.0700. The number of carbonyl (C=O) groups excluding carboxylic acids is 2. The summed E-state index contributed by atoms with van der Waals surface area (Å²) in [6.45, 7) is 22.9. The van der Waals surface area contributed by atoms with Gasteiger partial charge in [-0.15, -0.1) is 114 Å². The molecular formula is C70H84O2S10. The van der Waals surface area contributed by atoms with Crippen LogP contribution < -0.4 is 0 Å². The lowest BCUT2D eigenvalue weighted by atomic mass is 9.81. The third kappa shape index (κ3) is 13.4. The van der Waals surface area contributed by atoms with Crippen LogP contribution in [0, 0.1) is 37.5 Å². The second-order valence-electron chi connectivity index (χ2n) is 23.1. The highest BCUT2D eigenvalue weighted by Crippen LogP contribution is 2.57. The quantitative estimate of drug-likeness (QED) is 0.0406. The molecule has 0 bridgehead atoms. The summed E-state index contributed by atoms with van der Waals surface area (Å²) >= 11 is 19.0. The zero-order chi connectivity index (χ0) is 57.6. The van der Waals surface area contributed by atoms with Crippen molar-refractivity contribution in [3.8, 4) is 50.1 Å². The van der Waals surface area contributed by atoms with Gasteiger partial charge in [-0.3, -0.25) is 9.59 Å². The van der Waals surface area contributed by atoms with Crippen LogP contribution in [-0.4, -0.2) is 23.1 Å². The van der Waals surface area contributed by atoms with Crippen LogP contribution in [0.15, 0.2) is 69.1 Å². The normalized spacial score (nSPS) is 14.2. The largest absolute Gasteiger partial charge is 0.288 e. The number of benzene rings is 1. The lowest BCUT2D eigenvalue weighted by Crippen LogP contribution is -2.22. The van der Waals surface area contributed by atoms with E-state index in [1.807, 2.05) is 45.3 Å². The topological polar surface area (TPSA) is 34.1 Å². The molecule has 10 rings (SSSR count). The number of unbranched alkanes of at least 4 members (excludes halogenated alkanes) is 4. The van der Waals surface area contributed by atoms with Crippen molar-refractivity contribution in [1.82, 2.24) is 0 Å². The molecule has 82 heavy (non-hydrogen) atoms. The lowest BCUT2D eigenvalue weighted by Gasteiger charge is -2.19. The predicted octanol–water partition coefficient (Wildman–Crippen LogP) is 26.3. The highest BCUT2D eigenvalue weighted by Gasteiger charge is 2.42. The fourth-order valence-corrected chi connectivity index (χ4v) is 24.5. The maximum atomic E-state index is 15.9. The van der Waals surface area contributed by atoms with Crippen molar-refractivity contribution in [3.63, 3.8) is 0 Å². The molecule has 1 aliphatic carbocycles. The van der Waals surface area contributed by atoms with E-state index in [1.54, 1.807) is 45.3 Å². The van der Waals surface area contributed by atoms with Gasteiger partial charge in [-0.2, -0.15) is 0 Å². The average molecular weight is 1280 g/mol. The Kier molecular flexibility index (Phi) is 22.0. The Morgan fingerprint density at radius 2 is 0.817 bits per heavy atom. The van der Waals surface area contributed by atoms with E-state index in [9.17, 15) is 0 Å². The number of thiophene rings is 8. The Hall–Kier alpha value is -2.62. The van der Waals surface area contributed by atoms with Gasteiger partial charge in [-0.05, 0) is 124 Å². The molecule has 0 fully saturated rings. The molecule has 12 heteroatoms. The Bertz CT molecular complexity index is 3490. The molecule has 0 spiro atoms. The van der Waals surface area contributed by atoms with E-state index in [0.29, 0.717) is 23.0 Å². The van der Waals surface area contributed by atoms with Gasteiger partial charge in [0.2, 0.25) is 0 Å². The van der Waals surface area contributed by atoms with E-state index in [-0.39, 0.29) is 11.6 Å². The summed E-state index contributed by atoms with van der Waals surface area (Å²) < 4.78 is 5.56. The van der Waals surface area contributed by atoms with Crippen molar-refractivity contribution in [2.24, 2.45) is 23.7 Å². The third-order valence-corrected chi connectivity index (χ3v) is 29.6. The SMILES string of the molecule is CCCCC(CC)CSc1ccc(-c2c3cc(-c4ccc(-c5sc(-c6ccc(C)s6)c6c5C(=O)c5c(CC(CC)CCCC)sc(CC(CC)CCCC)c5C6=O)s4)sc3c(-c3ccc(SCC(CC)CCCC)s3)c3cc(C)sc23)s1. The maximum absolute atomic E-state index is 15.9. The van der Waals surface area contributed by atoms with Gasteiger partial charge in [0.05, 0.1) is 29.3 Å². The summed E-state index contributed by atoms with van der Waals surface area (Å²) in [5.41, 5.74) is 5.50. The van der Waals surface area contributed by atoms with E-state index in [1.165, 1.54) is 145 Å². The summed E-state index contributed by atoms with van der Waals surface area (Å²) in [6.07, 6.45) is 21.1. The second kappa shape index (κ2) is 28.9. The van der Waals surface area contributed by atoms with Gasteiger partial charge in [0.1, 0.15) is 0 Å². The highest BCUT2D eigenvalue weighted by atomic mass is 32.2. The van der Waals surface area contributed by atoms with Crippen molar-refractivity contribution in [1.29, 1.82) is 0 Å². The smallest absolute Gasteiger partial charge is 0.197 e. The Morgan fingerprint density at radius 1 is 0.378 bits per heavy atom. The fraction of sp³-hybridized carbons (Fsp3) is 0.486. The maximum Gasteiger partial charge on any atom is 0.197 e. The number of thioether (sulfide) groups is 2. The Morgan fingerprint density at radius 3 is 1.29 bits per heavy atom. The number of aryl methyl sites for hydroxylation is 2. The fourth-order valence-electron chi connectivity index (χ4n) is 12.1. The summed E-state index contributed by atoms with van der Waals surface area (Å²) in [6, 6.07) is 23.5. The van der Waals surface area contributed by atoms with Crippen LogP contribution in [0.25, 0.3) is 70.3 Å². The number of hydrogen-bond acceptors (Lipinski definition) is 12. The first kappa shape index (κ1) is 62.4. The molecule has 8 heterocycles. The minimum atomic E-state index is 0.0700. The van der Waals surface area contributed by atoms with Crippen molar-refractivity contribution >= 4 is 146 Å². The van der Waals surface area contributed by atoms with E-state index in [4.69, 9.17) is 0 Å². The molecule has 4 atom stereocenters. The van der Waals surface area contributed by atoms with Gasteiger partial charge in [0.25, 0.3) is 0 Å². The van der Waals surface area contributed by atoms with Crippen LogP contribution >= 0.6 is 114 Å². The van der Waals surface area contributed by atoms with E-state index in [0.717, 1.165) is 104 Å². The molecular weight excluding hydrogens is 1190 g/mol. The third-order valence-electron chi connectivity index (χ3n) is 17.2. The van der Waals surface area contributed by atoms with Gasteiger partial charge in [-0.25, -0.2) is 0 Å². The monoisotopic (exact) mass is 1280 g/mol. The highest BCUT2D eigenvalue weighted by molar-refractivity contribution is 8.01. The molecule has 1 aliphatic rings. The number of hydrogen-bond donors (Lipinski definition) is 0. The molecule has 1 aromatic carbocycles. The average Bonchev–Trinajstić information content (AvgIpc) is 4.41. The minimum Gasteiger partial charge on any atom is -0.288 e. The molecule has 0 saturated carbocycles. The molecule has 2 nitrogen and oxygen atoms in total. The number of rotatable bonds is 31. The van der Waals surface area contributed by atoms with Crippen molar-refractivity contribution in [2.45, 2.75) is 193 Å². The number of ketones is 2. The van der Waals surface area contributed by atoms with Crippen molar-refractivity contribution in [3.05, 3.63) is 102 Å². The summed E-state index contributed by atoms with van der Waals surface area (Å²) in [5.74, 6) is 4.96. The zero-order valence-corrected chi connectivity index (χ0v) is 58.3. The first-order chi connectivity index (χ1) is 39.9. The van der Waals surface area contributed by atoms with Crippen LogP contribution in [0.1, 0.15) is 209 Å². The van der Waals surface area contributed by atoms with E-state index in [2.05, 4.69) is 153 Å². The van der Waals surface area contributed by atoms with Gasteiger partial charge < -0.3 is 0 Å². The molecule has 0 amide bonds. The van der Waals surface area contributed by atoms with E-state index >= 15 is 9.59 Å². The molecule has 0 N–H and O–H groups in total. The standard InChI is InChI=1S/C70H84O2S10/c1-11-19-23-43(15-5)36-55-61-62(56(78-55)37-44(16-6)24-20-12-2)66(72)64-63(65(61)71)69(52-28-27-41(9)75-52)82-70(64)53-30-29-49(77-53)54-38-48-60(51-32-34-58(80-51)74-40-46(18-8)26-22-14-4)67-47(35-42(10)76-67)59(68(48)81-54)50-31-33-57(79-50)73-39-45(17-7)25-21-13-3/h27-35,38,43-46H,11-26,36-37,39-40H2,1-10H3. The Balaban J connectivity index is 1.10. The van der Waals surface area contributed by atoms with Crippen LogP contribution in [0.4, 0.5) is 0 Å². The van der Waals surface area contributed by atoms with Crippen LogP contribution in [0.5, 0.6) is 0 Å². The molecule has 4 unspecified atom stereocenters. The molecule has 0 saturated heterocycles. The second-order valence-corrected chi connectivity index (χ2v) is 34.8. The van der Waals surface area contributed by atoms with Gasteiger partial charge in [0.15, 0.2) is 11.6 Å². The molecule has 9 aromatic rings. The zero-order valence-electron chi connectivity index (χ0n) is 50.1. The van der Waals surface area contributed by atoms with Gasteiger partial charge in [0, 0.05) is 103 Å². The summed E-state index contributed by atoms with van der Waals surface area (Å²) in [7, 11) is 0. The van der Waals surface area contributed by atoms with Crippen molar-refractivity contribution < 1.29 is 9.59 Å². The van der Waals surface area contributed by atoms with Crippen molar-refractivity contribution in [2.75, 3.05) is 11.5 Å². The first-order valence-electron chi connectivity index (χ1n) is 31.0. The van der Waals surface area contributed by atoms with Crippen LogP contribution in [-0.2, 0) is 12.8 Å². The Labute approximate surface area is 531 Å². The van der Waals surface area contributed by atoms with Gasteiger partial charge >= 0.3 is 0 Å². The molecule has 0 radical (unpaired) electrons. The lowest BCUT2D eigenvalue weighted by molar-refractivity contribution is 0.0980. The molecule has 8 aromatic heterocycles. The molecule has 0 aliphatic heterocycles. The molecule has 436 valence electrons. The summed E-state index contributed by atoms with van der Waals surface area (Å²) in [4.78, 5) is 45.8. The van der Waals surface area contributed by atoms with Crippen LogP contribution in [0.3, 0.4) is 0 Å². The van der Waals surface area contributed by atoms with Crippen LogP contribution in [0.2, 0.25) is 0 Å². The number of fused-ring (bicyclic) bond motifs is 4. The van der Waals surface area contributed by atoms with E-state index < -0.39 is 0 Å². The first-order valence-corrected chi connectivity index (χ1v) is 39.5.